The summed E-state index contributed by atoms with van der Waals surface area (Å²) in [5, 5.41) is 6.57. The maximum absolute atomic E-state index is 11.2. The fourth-order valence-corrected chi connectivity index (χ4v) is 2.39. The van der Waals surface area contributed by atoms with Gasteiger partial charge < -0.3 is 16.4 Å². The third kappa shape index (κ3) is 5.12. The van der Waals surface area contributed by atoms with E-state index in [0.717, 1.165) is 18.1 Å². The van der Waals surface area contributed by atoms with Crippen molar-refractivity contribution in [1.82, 2.24) is 10.6 Å². The minimum absolute atomic E-state index is 0.378. The van der Waals surface area contributed by atoms with Crippen molar-refractivity contribution in [1.29, 1.82) is 0 Å². The standard InChI is InChI=1S/C19H24N4O/c1-14(16-8-4-3-5-9-16)12-22-19(21-2)23-13-15-7-6-10-17(11-15)18(20)24/h3-11,14H,12-13H2,1-2H3,(H2,20,24)(H2,21,22,23). The van der Waals surface area contributed by atoms with Gasteiger partial charge in [-0.25, -0.2) is 0 Å². The topological polar surface area (TPSA) is 79.5 Å². The van der Waals surface area contributed by atoms with Crippen LogP contribution in [-0.2, 0) is 6.54 Å². The summed E-state index contributed by atoms with van der Waals surface area (Å²) in [5.41, 5.74) is 8.08. The largest absolute Gasteiger partial charge is 0.366 e. The number of guanidine groups is 1. The van der Waals surface area contributed by atoms with Gasteiger partial charge in [-0.15, -0.1) is 0 Å². The lowest BCUT2D eigenvalue weighted by Gasteiger charge is -2.16. The number of carbonyl (C=O) groups is 1. The van der Waals surface area contributed by atoms with Crippen molar-refractivity contribution >= 4 is 11.9 Å². The van der Waals surface area contributed by atoms with Gasteiger partial charge in [-0.3, -0.25) is 9.79 Å². The first-order valence-electron chi connectivity index (χ1n) is 7.98. The number of nitrogens with one attached hydrogen (secondary N) is 2. The molecule has 0 saturated heterocycles. The smallest absolute Gasteiger partial charge is 0.248 e. The maximum atomic E-state index is 11.2. The molecule has 0 fully saturated rings. The molecule has 126 valence electrons. The van der Waals surface area contributed by atoms with Crippen molar-refractivity contribution in [2.45, 2.75) is 19.4 Å². The van der Waals surface area contributed by atoms with Gasteiger partial charge in [0.15, 0.2) is 5.96 Å². The highest BCUT2D eigenvalue weighted by molar-refractivity contribution is 5.92. The summed E-state index contributed by atoms with van der Waals surface area (Å²) in [6.07, 6.45) is 0. The molecule has 1 unspecified atom stereocenters. The average molecular weight is 324 g/mol. The quantitative estimate of drug-likeness (QED) is 0.563. The van der Waals surface area contributed by atoms with Gasteiger partial charge >= 0.3 is 0 Å². The first-order valence-corrected chi connectivity index (χ1v) is 7.98. The molecule has 2 aromatic rings. The Morgan fingerprint density at radius 3 is 2.54 bits per heavy atom. The molecule has 0 bridgehead atoms. The molecule has 0 aliphatic heterocycles. The van der Waals surface area contributed by atoms with Gasteiger partial charge in [0.05, 0.1) is 0 Å². The van der Waals surface area contributed by atoms with Gasteiger partial charge in [-0.1, -0.05) is 49.4 Å². The lowest BCUT2D eigenvalue weighted by atomic mass is 10.0. The molecule has 0 aliphatic rings. The summed E-state index contributed by atoms with van der Waals surface area (Å²) in [7, 11) is 1.74. The van der Waals surface area contributed by atoms with E-state index in [1.54, 1.807) is 19.2 Å². The molecule has 0 saturated carbocycles. The molecule has 4 N–H and O–H groups in total. The van der Waals surface area contributed by atoms with Gasteiger partial charge in [0.1, 0.15) is 0 Å². The van der Waals surface area contributed by atoms with Gasteiger partial charge in [0.25, 0.3) is 0 Å². The Morgan fingerprint density at radius 2 is 1.88 bits per heavy atom. The summed E-state index contributed by atoms with van der Waals surface area (Å²) < 4.78 is 0. The van der Waals surface area contributed by atoms with E-state index in [-0.39, 0.29) is 0 Å². The normalized spacial score (nSPS) is 12.5. The zero-order valence-corrected chi connectivity index (χ0v) is 14.1. The molecule has 0 heterocycles. The number of primary amides is 1. The van der Waals surface area contributed by atoms with Gasteiger partial charge in [-0.05, 0) is 29.2 Å². The molecule has 0 radical (unpaired) electrons. The van der Waals surface area contributed by atoms with Crippen LogP contribution in [0.3, 0.4) is 0 Å². The van der Waals surface area contributed by atoms with Crippen LogP contribution < -0.4 is 16.4 Å². The molecule has 0 aromatic heterocycles. The first kappa shape index (κ1) is 17.5. The number of rotatable bonds is 6. The van der Waals surface area contributed by atoms with Crippen molar-refractivity contribution in [2.24, 2.45) is 10.7 Å². The summed E-state index contributed by atoms with van der Waals surface area (Å²) >= 11 is 0. The molecule has 5 heteroatoms. The van der Waals surface area contributed by atoms with Crippen molar-refractivity contribution < 1.29 is 4.79 Å². The Morgan fingerprint density at radius 1 is 1.12 bits per heavy atom. The average Bonchev–Trinajstić information content (AvgIpc) is 2.62. The fourth-order valence-electron chi connectivity index (χ4n) is 2.39. The summed E-state index contributed by atoms with van der Waals surface area (Å²) in [6.45, 7) is 3.53. The Hall–Kier alpha value is -2.82. The van der Waals surface area contributed by atoms with Crippen LogP contribution in [0.15, 0.2) is 59.6 Å². The summed E-state index contributed by atoms with van der Waals surface area (Å²) in [6, 6.07) is 17.6. The predicted octanol–water partition coefficient (Wildman–Crippen LogP) is 2.25. The molecule has 1 amide bonds. The van der Waals surface area contributed by atoms with Crippen molar-refractivity contribution in [3.63, 3.8) is 0 Å². The number of carbonyl (C=O) groups excluding carboxylic acids is 1. The van der Waals surface area contributed by atoms with Crippen molar-refractivity contribution in [3.8, 4) is 0 Å². The van der Waals surface area contributed by atoms with E-state index >= 15 is 0 Å². The van der Waals surface area contributed by atoms with Crippen molar-refractivity contribution in [2.75, 3.05) is 13.6 Å². The fraction of sp³-hybridized carbons (Fsp3) is 0.263. The van der Waals surface area contributed by atoms with Crippen LogP contribution in [0, 0.1) is 0 Å². The maximum Gasteiger partial charge on any atom is 0.248 e. The molecular weight excluding hydrogens is 300 g/mol. The third-order valence-electron chi connectivity index (χ3n) is 3.84. The van der Waals surface area contributed by atoms with E-state index in [1.807, 2.05) is 30.3 Å². The Bertz CT molecular complexity index is 698. The lowest BCUT2D eigenvalue weighted by Crippen LogP contribution is -2.38. The zero-order valence-electron chi connectivity index (χ0n) is 14.1. The Balaban J connectivity index is 1.87. The van der Waals surface area contributed by atoms with Gasteiger partial charge in [0.2, 0.25) is 5.91 Å². The summed E-state index contributed by atoms with van der Waals surface area (Å²) in [4.78, 5) is 15.5. The highest BCUT2D eigenvalue weighted by Gasteiger charge is 2.06. The monoisotopic (exact) mass is 324 g/mol. The van der Waals surface area contributed by atoms with E-state index in [2.05, 4.69) is 34.7 Å². The van der Waals surface area contributed by atoms with Crippen LogP contribution in [0.2, 0.25) is 0 Å². The van der Waals surface area contributed by atoms with Crippen LogP contribution in [0.4, 0.5) is 0 Å². The zero-order chi connectivity index (χ0) is 17.4. The van der Waals surface area contributed by atoms with E-state index in [9.17, 15) is 4.79 Å². The molecule has 2 rings (SSSR count). The lowest BCUT2D eigenvalue weighted by molar-refractivity contribution is 0.1000. The van der Waals surface area contributed by atoms with Crippen LogP contribution in [0.1, 0.15) is 34.3 Å². The molecule has 2 aromatic carbocycles. The van der Waals surface area contributed by atoms with Crippen LogP contribution >= 0.6 is 0 Å². The third-order valence-corrected chi connectivity index (χ3v) is 3.84. The second-order valence-corrected chi connectivity index (χ2v) is 5.68. The number of benzene rings is 2. The van der Waals surface area contributed by atoms with E-state index in [0.29, 0.717) is 18.0 Å². The molecular formula is C19H24N4O. The summed E-state index contributed by atoms with van der Waals surface area (Å²) in [5.74, 6) is 0.682. The molecule has 0 spiro atoms. The van der Waals surface area contributed by atoms with Gasteiger partial charge in [0, 0.05) is 25.7 Å². The predicted molar refractivity (Wildman–Crippen MR) is 98.0 cm³/mol. The van der Waals surface area contributed by atoms with E-state index < -0.39 is 5.91 Å². The Labute approximate surface area is 143 Å². The number of hydrogen-bond donors (Lipinski definition) is 3. The van der Waals surface area contributed by atoms with Gasteiger partial charge in [-0.2, -0.15) is 0 Å². The van der Waals surface area contributed by atoms with E-state index in [4.69, 9.17) is 5.73 Å². The van der Waals surface area contributed by atoms with E-state index in [1.165, 1.54) is 5.56 Å². The Kier molecular flexibility index (Phi) is 6.37. The number of amides is 1. The molecule has 0 aliphatic carbocycles. The number of aliphatic imine (C=N–C) groups is 1. The second-order valence-electron chi connectivity index (χ2n) is 5.68. The SMILES string of the molecule is CN=C(NCc1cccc(C(N)=O)c1)NCC(C)c1ccccc1. The minimum atomic E-state index is -0.420. The number of nitrogens with two attached hydrogens (primary N) is 1. The van der Waals surface area contributed by atoms with Crippen LogP contribution in [0.25, 0.3) is 0 Å². The van der Waals surface area contributed by atoms with Crippen molar-refractivity contribution in [3.05, 3.63) is 71.3 Å². The molecule has 1 atom stereocenters. The second kappa shape index (κ2) is 8.72. The van der Waals surface area contributed by atoms with Crippen LogP contribution in [-0.4, -0.2) is 25.5 Å². The number of nitrogens with zero attached hydrogens (tertiary/aromatic N) is 1. The van der Waals surface area contributed by atoms with Crippen LogP contribution in [0.5, 0.6) is 0 Å². The highest BCUT2D eigenvalue weighted by Crippen LogP contribution is 2.12. The first-order chi connectivity index (χ1) is 11.6. The highest BCUT2D eigenvalue weighted by atomic mass is 16.1. The molecule has 5 nitrogen and oxygen atoms in total. The number of hydrogen-bond acceptors (Lipinski definition) is 2. The minimum Gasteiger partial charge on any atom is -0.366 e. The molecule has 24 heavy (non-hydrogen) atoms.